The van der Waals surface area contributed by atoms with Gasteiger partial charge in [-0.15, -0.1) is 10.2 Å². The maximum Gasteiger partial charge on any atom is 0.249 e. The molecule has 1 unspecified atom stereocenters. The quantitative estimate of drug-likeness (QED) is 0.894. The summed E-state index contributed by atoms with van der Waals surface area (Å²) in [5.41, 5.74) is 7.87. The van der Waals surface area contributed by atoms with Crippen LogP contribution in [0.25, 0.3) is 0 Å². The normalized spacial score (nSPS) is 13.9. The third-order valence-electron chi connectivity index (χ3n) is 4.09. The fourth-order valence-corrected chi connectivity index (χ4v) is 3.92. The van der Waals surface area contributed by atoms with Crippen LogP contribution in [0.3, 0.4) is 0 Å². The van der Waals surface area contributed by atoms with E-state index >= 15 is 0 Å². The van der Waals surface area contributed by atoms with Crippen LogP contribution >= 0.6 is 0 Å². The predicted octanol–water partition coefficient (Wildman–Crippen LogP) is 2.50. The van der Waals surface area contributed by atoms with Crippen LogP contribution in [0.4, 0.5) is 0 Å². The fourth-order valence-electron chi connectivity index (χ4n) is 2.49. The second-order valence-corrected chi connectivity index (χ2v) is 9.00. The minimum absolute atomic E-state index is 0.0339. The molecule has 6 nitrogen and oxygen atoms in total. The van der Waals surface area contributed by atoms with E-state index < -0.39 is 9.84 Å². The highest BCUT2D eigenvalue weighted by molar-refractivity contribution is 7.90. The van der Waals surface area contributed by atoms with Gasteiger partial charge in [-0.25, -0.2) is 8.42 Å². The molecule has 24 heavy (non-hydrogen) atoms. The summed E-state index contributed by atoms with van der Waals surface area (Å²) in [6, 6.07) is 7.33. The van der Waals surface area contributed by atoms with Gasteiger partial charge < -0.3 is 10.3 Å². The lowest BCUT2D eigenvalue weighted by atomic mass is 9.87. The highest BCUT2D eigenvalue weighted by Gasteiger charge is 2.25. The Morgan fingerprint density at radius 2 is 1.75 bits per heavy atom. The molecule has 132 valence electrons. The second kappa shape index (κ2) is 6.64. The summed E-state index contributed by atoms with van der Waals surface area (Å²) >= 11 is 0. The molecule has 1 aromatic carbocycles. The molecule has 0 fully saturated rings. The van der Waals surface area contributed by atoms with Crippen molar-refractivity contribution in [1.29, 1.82) is 0 Å². The van der Waals surface area contributed by atoms with Crippen LogP contribution in [0.1, 0.15) is 57.1 Å². The van der Waals surface area contributed by atoms with Gasteiger partial charge in [-0.05, 0) is 23.0 Å². The molecule has 0 aliphatic rings. The zero-order valence-electron chi connectivity index (χ0n) is 14.9. The van der Waals surface area contributed by atoms with Crippen LogP contribution in [0.2, 0.25) is 0 Å². The van der Waals surface area contributed by atoms with E-state index in [1.54, 1.807) is 7.05 Å². The molecule has 0 bridgehead atoms. The molecule has 0 amide bonds. The Hall–Kier alpha value is -1.73. The standard InChI is InChI=1S/C17H26N4O2S/c1-6-14(18)15-19-20-16(21(15)5)24(22,23)11-12-7-9-13(10-8-12)17(2,3)4/h7-10,14H,6,11,18H2,1-5H3. The van der Waals surface area contributed by atoms with E-state index in [1.165, 1.54) is 10.1 Å². The molecule has 1 heterocycles. The zero-order chi connectivity index (χ0) is 18.1. The molecule has 7 heteroatoms. The Labute approximate surface area is 144 Å². The average Bonchev–Trinajstić information content (AvgIpc) is 2.88. The van der Waals surface area contributed by atoms with Gasteiger partial charge in [0.25, 0.3) is 0 Å². The van der Waals surface area contributed by atoms with Gasteiger partial charge in [0.2, 0.25) is 15.0 Å². The number of hydrogen-bond acceptors (Lipinski definition) is 5. The maximum absolute atomic E-state index is 12.7. The number of sulfone groups is 1. The molecule has 1 atom stereocenters. The maximum atomic E-state index is 12.7. The average molecular weight is 350 g/mol. The zero-order valence-corrected chi connectivity index (χ0v) is 15.8. The number of benzene rings is 1. The van der Waals surface area contributed by atoms with Crippen molar-refractivity contribution in [1.82, 2.24) is 14.8 Å². The molecule has 1 aromatic heterocycles. The fraction of sp³-hybridized carbons (Fsp3) is 0.529. The van der Waals surface area contributed by atoms with E-state index in [-0.39, 0.29) is 22.4 Å². The summed E-state index contributed by atoms with van der Waals surface area (Å²) in [5, 5.41) is 7.76. The van der Waals surface area contributed by atoms with Gasteiger partial charge in [0, 0.05) is 7.05 Å². The van der Waals surface area contributed by atoms with Crippen LogP contribution < -0.4 is 5.73 Å². The van der Waals surface area contributed by atoms with Crippen molar-refractivity contribution in [2.75, 3.05) is 0 Å². The number of rotatable bonds is 5. The van der Waals surface area contributed by atoms with E-state index in [4.69, 9.17) is 5.73 Å². The first-order chi connectivity index (χ1) is 11.1. The van der Waals surface area contributed by atoms with Crippen molar-refractivity contribution in [3.8, 4) is 0 Å². The lowest BCUT2D eigenvalue weighted by Crippen LogP contribution is -2.17. The Balaban J connectivity index is 2.28. The molecule has 0 saturated heterocycles. The van der Waals surface area contributed by atoms with E-state index in [9.17, 15) is 8.42 Å². The molecule has 0 saturated carbocycles. The summed E-state index contributed by atoms with van der Waals surface area (Å²) in [5.74, 6) is 0.379. The van der Waals surface area contributed by atoms with Gasteiger partial charge >= 0.3 is 0 Å². The summed E-state index contributed by atoms with van der Waals surface area (Å²) in [7, 11) is -1.94. The van der Waals surface area contributed by atoms with Crippen molar-refractivity contribution >= 4 is 9.84 Å². The third-order valence-corrected chi connectivity index (χ3v) is 5.72. The number of aromatic nitrogens is 3. The molecule has 0 radical (unpaired) electrons. The van der Waals surface area contributed by atoms with Gasteiger partial charge in [-0.2, -0.15) is 0 Å². The monoisotopic (exact) mass is 350 g/mol. The first kappa shape index (κ1) is 18.6. The van der Waals surface area contributed by atoms with E-state index in [2.05, 4.69) is 31.0 Å². The van der Waals surface area contributed by atoms with E-state index in [0.717, 1.165) is 5.56 Å². The van der Waals surface area contributed by atoms with Crippen LogP contribution in [-0.2, 0) is 28.1 Å². The second-order valence-electron chi connectivity index (χ2n) is 7.12. The molecule has 0 spiro atoms. The molecule has 0 aliphatic carbocycles. The van der Waals surface area contributed by atoms with E-state index in [0.29, 0.717) is 12.2 Å². The van der Waals surface area contributed by atoms with Gasteiger partial charge in [-0.1, -0.05) is 52.0 Å². The van der Waals surface area contributed by atoms with Crippen molar-refractivity contribution in [3.63, 3.8) is 0 Å². The molecular formula is C17H26N4O2S. The lowest BCUT2D eigenvalue weighted by Gasteiger charge is -2.19. The topological polar surface area (TPSA) is 90.9 Å². The Morgan fingerprint density at radius 3 is 2.25 bits per heavy atom. The number of nitrogens with zero attached hydrogens (tertiary/aromatic N) is 3. The van der Waals surface area contributed by atoms with E-state index in [1.807, 2.05) is 31.2 Å². The Kier molecular flexibility index (Phi) is 5.15. The first-order valence-electron chi connectivity index (χ1n) is 8.03. The third kappa shape index (κ3) is 3.84. The number of hydrogen-bond donors (Lipinski definition) is 1. The molecular weight excluding hydrogens is 324 g/mol. The van der Waals surface area contributed by atoms with Crippen molar-refractivity contribution in [3.05, 3.63) is 41.2 Å². The Morgan fingerprint density at radius 1 is 1.17 bits per heavy atom. The van der Waals surface area contributed by atoms with Crippen molar-refractivity contribution < 1.29 is 8.42 Å². The molecule has 2 aromatic rings. The SMILES string of the molecule is CCC(N)c1nnc(S(=O)(=O)Cc2ccc(C(C)(C)C)cc2)n1C. The smallest absolute Gasteiger partial charge is 0.249 e. The minimum atomic E-state index is -3.58. The molecule has 2 N–H and O–H groups in total. The Bertz CT molecular complexity index is 802. The van der Waals surface area contributed by atoms with Crippen LogP contribution in [0, 0.1) is 0 Å². The minimum Gasteiger partial charge on any atom is -0.321 e. The van der Waals surface area contributed by atoms with Crippen molar-refractivity contribution in [2.24, 2.45) is 12.8 Å². The first-order valence-corrected chi connectivity index (χ1v) is 9.68. The lowest BCUT2D eigenvalue weighted by molar-refractivity contribution is 0.565. The van der Waals surface area contributed by atoms with Gasteiger partial charge in [-0.3, -0.25) is 0 Å². The predicted molar refractivity (Wildman–Crippen MR) is 94.3 cm³/mol. The highest BCUT2D eigenvalue weighted by Crippen LogP contribution is 2.24. The van der Waals surface area contributed by atoms with Crippen LogP contribution in [0.5, 0.6) is 0 Å². The van der Waals surface area contributed by atoms with Gasteiger partial charge in [0.15, 0.2) is 5.82 Å². The van der Waals surface area contributed by atoms with Crippen molar-refractivity contribution in [2.45, 2.75) is 56.5 Å². The van der Waals surface area contributed by atoms with Gasteiger partial charge in [0.05, 0.1) is 11.8 Å². The summed E-state index contributed by atoms with van der Waals surface area (Å²) in [6.45, 7) is 8.29. The summed E-state index contributed by atoms with van der Waals surface area (Å²) < 4.78 is 26.8. The van der Waals surface area contributed by atoms with Gasteiger partial charge in [0.1, 0.15) is 0 Å². The van der Waals surface area contributed by atoms with Crippen LogP contribution in [0.15, 0.2) is 29.4 Å². The van der Waals surface area contributed by atoms with Crippen LogP contribution in [-0.4, -0.2) is 23.2 Å². The highest BCUT2D eigenvalue weighted by atomic mass is 32.2. The number of nitrogens with two attached hydrogens (primary N) is 1. The largest absolute Gasteiger partial charge is 0.321 e. The summed E-state index contributed by atoms with van der Waals surface area (Å²) in [4.78, 5) is 0. The molecule has 2 rings (SSSR count). The summed E-state index contributed by atoms with van der Waals surface area (Å²) in [6.07, 6.45) is 0.667. The molecule has 0 aliphatic heterocycles.